The highest BCUT2D eigenvalue weighted by Crippen LogP contribution is 2.37. The van der Waals surface area contributed by atoms with Crippen LogP contribution >= 0.6 is 0 Å². The highest BCUT2D eigenvalue weighted by molar-refractivity contribution is 5.35. The molecule has 0 saturated carbocycles. The van der Waals surface area contributed by atoms with Crippen LogP contribution in [0, 0.1) is 6.92 Å². The molecule has 0 aromatic carbocycles. The maximum atomic E-state index is 9.91. The first kappa shape index (κ1) is 12.9. The molecule has 0 aliphatic carbocycles. The lowest BCUT2D eigenvalue weighted by atomic mass is 9.87. The van der Waals surface area contributed by atoms with E-state index in [0.29, 0.717) is 12.0 Å². The van der Waals surface area contributed by atoms with Gasteiger partial charge in [-0.3, -0.25) is 4.57 Å². The highest BCUT2D eigenvalue weighted by atomic mass is 16.3. The van der Waals surface area contributed by atoms with Crippen molar-refractivity contribution in [2.24, 2.45) is 5.73 Å². The first-order valence-corrected chi connectivity index (χ1v) is 5.44. The van der Waals surface area contributed by atoms with Gasteiger partial charge in [0.2, 0.25) is 0 Å². The summed E-state index contributed by atoms with van der Waals surface area (Å²) in [6.07, 6.45) is 0.648. The van der Waals surface area contributed by atoms with Crippen LogP contribution in [0.4, 0.5) is 0 Å². The molecule has 1 aromatic heterocycles. The first-order chi connectivity index (χ1) is 7.04. The fraction of sp³-hybridized carbons (Fsp3) is 0.667. The van der Waals surface area contributed by atoms with Crippen molar-refractivity contribution in [3.63, 3.8) is 0 Å². The highest BCUT2D eigenvalue weighted by Gasteiger charge is 2.31. The Labute approximate surface area is 96.7 Å². The second-order valence-electron chi connectivity index (χ2n) is 5.82. The Morgan fingerprint density at radius 2 is 1.75 bits per heavy atom. The first-order valence-electron chi connectivity index (χ1n) is 5.44. The molecule has 4 nitrogen and oxygen atoms in total. The zero-order chi connectivity index (χ0) is 12.7. The molecule has 0 aliphatic rings. The second kappa shape index (κ2) is 3.70. The van der Waals surface area contributed by atoms with Gasteiger partial charge in [0.1, 0.15) is 0 Å². The van der Waals surface area contributed by atoms with E-state index in [4.69, 9.17) is 5.73 Å². The standard InChI is InChI=1S/C12H22N2O2/c1-8-6-9(15)14(10(8)16)12(4,5)7-11(2,3)13/h6,15-16H,7,13H2,1-5H3. The summed E-state index contributed by atoms with van der Waals surface area (Å²) < 4.78 is 1.52. The van der Waals surface area contributed by atoms with Gasteiger partial charge in [-0.1, -0.05) is 0 Å². The largest absolute Gasteiger partial charge is 0.494 e. The van der Waals surface area contributed by atoms with Gasteiger partial charge in [-0.2, -0.15) is 0 Å². The van der Waals surface area contributed by atoms with E-state index in [0.717, 1.165) is 0 Å². The average molecular weight is 226 g/mol. The van der Waals surface area contributed by atoms with E-state index < -0.39 is 5.54 Å². The van der Waals surface area contributed by atoms with Crippen LogP contribution in [0.3, 0.4) is 0 Å². The summed E-state index contributed by atoms with van der Waals surface area (Å²) in [6, 6.07) is 1.56. The fourth-order valence-electron chi connectivity index (χ4n) is 2.40. The summed E-state index contributed by atoms with van der Waals surface area (Å²) in [5, 5.41) is 19.7. The van der Waals surface area contributed by atoms with Gasteiger partial charge >= 0.3 is 0 Å². The summed E-state index contributed by atoms with van der Waals surface area (Å²) in [5.74, 6) is 0.177. The van der Waals surface area contributed by atoms with Gasteiger partial charge in [-0.25, -0.2) is 0 Å². The molecule has 1 aromatic rings. The lowest BCUT2D eigenvalue weighted by Gasteiger charge is -2.34. The molecule has 0 atom stereocenters. The Bertz CT molecular complexity index is 386. The Morgan fingerprint density at radius 3 is 2.06 bits per heavy atom. The molecule has 0 unspecified atom stereocenters. The van der Waals surface area contributed by atoms with Crippen LogP contribution in [-0.4, -0.2) is 20.3 Å². The molecule has 16 heavy (non-hydrogen) atoms. The Morgan fingerprint density at radius 1 is 1.25 bits per heavy atom. The minimum Gasteiger partial charge on any atom is -0.494 e. The van der Waals surface area contributed by atoms with Crippen LogP contribution in [0.15, 0.2) is 6.07 Å². The minimum atomic E-state index is -0.430. The van der Waals surface area contributed by atoms with Crippen LogP contribution in [-0.2, 0) is 5.54 Å². The summed E-state index contributed by atoms with van der Waals surface area (Å²) in [5.41, 5.74) is 5.87. The Balaban J connectivity index is 3.16. The zero-order valence-corrected chi connectivity index (χ0v) is 10.7. The van der Waals surface area contributed by atoms with Crippen molar-refractivity contribution in [3.05, 3.63) is 11.6 Å². The number of aryl methyl sites for hydroxylation is 1. The van der Waals surface area contributed by atoms with E-state index in [2.05, 4.69) is 0 Å². The smallest absolute Gasteiger partial charge is 0.197 e. The quantitative estimate of drug-likeness (QED) is 0.739. The normalized spacial score (nSPS) is 13.1. The van der Waals surface area contributed by atoms with Crippen LogP contribution in [0.2, 0.25) is 0 Å². The van der Waals surface area contributed by atoms with Gasteiger partial charge in [0, 0.05) is 22.7 Å². The summed E-state index contributed by atoms with van der Waals surface area (Å²) in [7, 11) is 0. The zero-order valence-electron chi connectivity index (χ0n) is 10.7. The Hall–Kier alpha value is -1.16. The molecular weight excluding hydrogens is 204 g/mol. The lowest BCUT2D eigenvalue weighted by molar-refractivity contribution is 0.214. The van der Waals surface area contributed by atoms with E-state index in [1.807, 2.05) is 27.7 Å². The van der Waals surface area contributed by atoms with Crippen molar-refractivity contribution >= 4 is 0 Å². The van der Waals surface area contributed by atoms with Crippen molar-refractivity contribution in [2.75, 3.05) is 0 Å². The summed E-state index contributed by atoms with van der Waals surface area (Å²) in [6.45, 7) is 9.51. The fourth-order valence-corrected chi connectivity index (χ4v) is 2.40. The lowest BCUT2D eigenvalue weighted by Crippen LogP contribution is -2.41. The SMILES string of the molecule is Cc1cc(O)n(C(C)(C)CC(C)(C)N)c1O. The van der Waals surface area contributed by atoms with E-state index >= 15 is 0 Å². The number of nitrogens with zero attached hydrogens (tertiary/aromatic N) is 1. The van der Waals surface area contributed by atoms with Gasteiger partial charge in [0.25, 0.3) is 0 Å². The van der Waals surface area contributed by atoms with Crippen molar-refractivity contribution in [1.29, 1.82) is 0 Å². The van der Waals surface area contributed by atoms with E-state index in [1.54, 1.807) is 13.0 Å². The number of rotatable bonds is 3. The molecule has 0 aliphatic heterocycles. The van der Waals surface area contributed by atoms with Crippen molar-refractivity contribution in [3.8, 4) is 11.8 Å². The van der Waals surface area contributed by atoms with E-state index in [1.165, 1.54) is 4.57 Å². The van der Waals surface area contributed by atoms with Crippen LogP contribution in [0.1, 0.15) is 39.7 Å². The molecular formula is C12H22N2O2. The van der Waals surface area contributed by atoms with Crippen molar-refractivity contribution < 1.29 is 10.2 Å². The van der Waals surface area contributed by atoms with Crippen LogP contribution in [0.5, 0.6) is 11.8 Å². The van der Waals surface area contributed by atoms with E-state index in [9.17, 15) is 10.2 Å². The molecule has 0 bridgehead atoms. The monoisotopic (exact) mass is 226 g/mol. The molecule has 0 fully saturated rings. The average Bonchev–Trinajstić information content (AvgIpc) is 2.20. The van der Waals surface area contributed by atoms with Crippen LogP contribution in [0.25, 0.3) is 0 Å². The number of nitrogens with two attached hydrogens (primary N) is 1. The van der Waals surface area contributed by atoms with Gasteiger partial charge in [0.15, 0.2) is 11.8 Å². The molecule has 0 amide bonds. The molecule has 0 saturated heterocycles. The van der Waals surface area contributed by atoms with Gasteiger partial charge in [0.05, 0.1) is 0 Å². The number of aromatic nitrogens is 1. The van der Waals surface area contributed by atoms with Crippen molar-refractivity contribution in [1.82, 2.24) is 4.57 Å². The number of aromatic hydroxyl groups is 2. The minimum absolute atomic E-state index is 0.0734. The summed E-state index contributed by atoms with van der Waals surface area (Å²) >= 11 is 0. The third-order valence-electron chi connectivity index (χ3n) is 2.63. The third-order valence-corrected chi connectivity index (χ3v) is 2.63. The second-order valence-corrected chi connectivity index (χ2v) is 5.82. The van der Waals surface area contributed by atoms with Gasteiger partial charge in [-0.15, -0.1) is 0 Å². The van der Waals surface area contributed by atoms with Gasteiger partial charge < -0.3 is 15.9 Å². The molecule has 4 heteroatoms. The molecule has 0 spiro atoms. The summed E-state index contributed by atoms with van der Waals surface area (Å²) in [4.78, 5) is 0. The maximum Gasteiger partial charge on any atom is 0.197 e. The van der Waals surface area contributed by atoms with E-state index in [-0.39, 0.29) is 17.3 Å². The third kappa shape index (κ3) is 2.50. The Kier molecular flexibility index (Phi) is 2.98. The maximum absolute atomic E-state index is 9.91. The number of hydrogen-bond acceptors (Lipinski definition) is 3. The van der Waals surface area contributed by atoms with Crippen molar-refractivity contribution in [2.45, 2.75) is 52.1 Å². The molecule has 4 N–H and O–H groups in total. The van der Waals surface area contributed by atoms with Gasteiger partial charge in [-0.05, 0) is 41.0 Å². The molecule has 0 radical (unpaired) electrons. The predicted octanol–water partition coefficient (Wildman–Crippen LogP) is 2.07. The molecule has 1 heterocycles. The topological polar surface area (TPSA) is 71.4 Å². The molecule has 92 valence electrons. The van der Waals surface area contributed by atoms with Crippen LogP contribution < -0.4 is 5.73 Å². The molecule has 1 rings (SSSR count). The predicted molar refractivity (Wildman–Crippen MR) is 64.7 cm³/mol. The number of hydrogen-bond donors (Lipinski definition) is 3.